The van der Waals surface area contributed by atoms with Crippen LogP contribution < -0.4 is 10.1 Å². The molecule has 0 radical (unpaired) electrons. The van der Waals surface area contributed by atoms with Crippen LogP contribution in [0.15, 0.2) is 82.7 Å². The molecule has 1 unspecified atom stereocenters. The van der Waals surface area contributed by atoms with Gasteiger partial charge in [-0.1, -0.05) is 41.6 Å². The third-order valence-electron chi connectivity index (χ3n) is 5.87. The number of hydrazone groups is 1. The maximum atomic E-state index is 13.5. The molecule has 0 spiro atoms. The van der Waals surface area contributed by atoms with Crippen LogP contribution in [-0.2, 0) is 0 Å². The summed E-state index contributed by atoms with van der Waals surface area (Å²) in [6.07, 6.45) is 3.79. The summed E-state index contributed by atoms with van der Waals surface area (Å²) in [5, 5.41) is 23.3. The first-order chi connectivity index (χ1) is 17.0. The number of aryl methyl sites for hydroxylation is 1. The summed E-state index contributed by atoms with van der Waals surface area (Å²) in [6, 6.07) is 17.0. The monoisotopic (exact) mass is 469 g/mol. The van der Waals surface area contributed by atoms with E-state index in [1.165, 1.54) is 5.01 Å². The van der Waals surface area contributed by atoms with Gasteiger partial charge in [-0.05, 0) is 36.8 Å². The molecular weight excluding hydrogens is 446 g/mol. The summed E-state index contributed by atoms with van der Waals surface area (Å²) < 4.78 is 10.7. The summed E-state index contributed by atoms with van der Waals surface area (Å²) in [5.41, 5.74) is 4.19. The van der Waals surface area contributed by atoms with Gasteiger partial charge in [0.1, 0.15) is 11.5 Å². The molecule has 1 aliphatic rings. The van der Waals surface area contributed by atoms with E-state index in [9.17, 15) is 9.90 Å². The van der Waals surface area contributed by atoms with Crippen molar-refractivity contribution in [3.63, 3.8) is 0 Å². The molecule has 0 bridgehead atoms. The Morgan fingerprint density at radius 2 is 1.91 bits per heavy atom. The van der Waals surface area contributed by atoms with E-state index in [2.05, 4.69) is 20.6 Å². The van der Waals surface area contributed by atoms with Crippen molar-refractivity contribution in [3.8, 4) is 22.6 Å². The number of hydrogen-bond acceptors (Lipinski definition) is 7. The Hall–Kier alpha value is -4.66. The van der Waals surface area contributed by atoms with Gasteiger partial charge in [0.25, 0.3) is 0 Å². The minimum Gasteiger partial charge on any atom is -0.508 e. The molecule has 4 aromatic rings. The lowest BCUT2D eigenvalue weighted by Crippen LogP contribution is -2.31. The lowest BCUT2D eigenvalue weighted by atomic mass is 9.98. The number of aromatic nitrogens is 2. The highest BCUT2D eigenvalue weighted by Crippen LogP contribution is 2.38. The molecule has 0 saturated carbocycles. The van der Waals surface area contributed by atoms with Crippen LogP contribution in [0.2, 0.25) is 0 Å². The van der Waals surface area contributed by atoms with Gasteiger partial charge in [0.05, 0.1) is 30.1 Å². The lowest BCUT2D eigenvalue weighted by molar-refractivity contribution is 0.198. The van der Waals surface area contributed by atoms with Gasteiger partial charge >= 0.3 is 6.03 Å². The van der Waals surface area contributed by atoms with Gasteiger partial charge < -0.3 is 14.4 Å². The number of carbonyl (C=O) groups excluding carboxylic acids is 1. The summed E-state index contributed by atoms with van der Waals surface area (Å²) >= 11 is 0. The molecule has 2 aromatic carbocycles. The summed E-state index contributed by atoms with van der Waals surface area (Å²) in [5.74, 6) is 1.01. The number of methoxy groups -OCH3 is 1. The van der Waals surface area contributed by atoms with Crippen LogP contribution in [0.5, 0.6) is 11.5 Å². The third-order valence-corrected chi connectivity index (χ3v) is 5.87. The van der Waals surface area contributed by atoms with Gasteiger partial charge in [0.2, 0.25) is 5.88 Å². The van der Waals surface area contributed by atoms with Gasteiger partial charge in [-0.25, -0.2) is 9.80 Å². The summed E-state index contributed by atoms with van der Waals surface area (Å²) in [4.78, 5) is 17.6. The number of rotatable bonds is 5. The van der Waals surface area contributed by atoms with Crippen LogP contribution in [-0.4, -0.2) is 39.1 Å². The van der Waals surface area contributed by atoms with Crippen LogP contribution in [0.25, 0.3) is 11.1 Å². The molecular formula is C26H23N5O4. The number of phenolic OH excluding ortho intramolecular Hbond substituents is 1. The molecule has 0 aliphatic carbocycles. The second-order valence-corrected chi connectivity index (χ2v) is 8.04. The van der Waals surface area contributed by atoms with E-state index in [1.807, 2.05) is 42.5 Å². The number of urea groups is 1. The lowest BCUT2D eigenvalue weighted by Gasteiger charge is -2.22. The summed E-state index contributed by atoms with van der Waals surface area (Å²) in [6.45, 7) is 1.80. The van der Waals surface area contributed by atoms with Gasteiger partial charge in [-0.3, -0.25) is 10.3 Å². The van der Waals surface area contributed by atoms with Gasteiger partial charge in [-0.15, -0.1) is 0 Å². The van der Waals surface area contributed by atoms with Crippen LogP contribution >= 0.6 is 0 Å². The number of phenols is 1. The van der Waals surface area contributed by atoms with Crippen molar-refractivity contribution in [3.05, 3.63) is 89.9 Å². The van der Waals surface area contributed by atoms with Gasteiger partial charge in [-0.2, -0.15) is 5.10 Å². The Bertz CT molecular complexity index is 1380. The number of anilines is 1. The third kappa shape index (κ3) is 4.31. The minimum absolute atomic E-state index is 0.0902. The van der Waals surface area contributed by atoms with E-state index in [1.54, 1.807) is 44.6 Å². The molecule has 176 valence electrons. The number of carbonyl (C=O) groups is 1. The molecule has 9 heteroatoms. The van der Waals surface area contributed by atoms with Crippen molar-refractivity contribution >= 4 is 17.6 Å². The molecule has 5 rings (SSSR count). The molecule has 3 heterocycles. The number of benzene rings is 2. The van der Waals surface area contributed by atoms with Crippen molar-refractivity contribution in [1.82, 2.24) is 15.1 Å². The first kappa shape index (κ1) is 22.1. The molecule has 0 saturated heterocycles. The van der Waals surface area contributed by atoms with Crippen LogP contribution in [0, 0.1) is 6.92 Å². The minimum atomic E-state index is -0.514. The molecule has 1 atom stereocenters. The summed E-state index contributed by atoms with van der Waals surface area (Å²) in [7, 11) is 1.60. The largest absolute Gasteiger partial charge is 0.508 e. The molecule has 2 N–H and O–H groups in total. The maximum Gasteiger partial charge on any atom is 0.345 e. The fraction of sp³-hybridized carbons (Fsp3) is 0.154. The van der Waals surface area contributed by atoms with E-state index in [4.69, 9.17) is 9.26 Å². The van der Waals surface area contributed by atoms with Crippen LogP contribution in [0.3, 0.4) is 0 Å². The fourth-order valence-corrected chi connectivity index (χ4v) is 4.12. The Labute approximate surface area is 201 Å². The SMILES string of the molecule is COc1ccc(-c2c(C)noc2NC(=O)N2N=C(c3cccnc3)CC2c2ccccc2O)cc1. The van der Waals surface area contributed by atoms with E-state index in [0.29, 0.717) is 34.7 Å². The predicted molar refractivity (Wildman–Crippen MR) is 130 cm³/mol. The van der Waals surface area contributed by atoms with Gasteiger partial charge in [0.15, 0.2) is 0 Å². The Kier molecular flexibility index (Phi) is 5.88. The zero-order chi connectivity index (χ0) is 24.4. The second-order valence-electron chi connectivity index (χ2n) is 8.04. The first-order valence-electron chi connectivity index (χ1n) is 11.0. The normalized spacial score (nSPS) is 15.1. The number of aromatic hydroxyl groups is 1. The van der Waals surface area contributed by atoms with Gasteiger partial charge in [0, 0.05) is 29.9 Å². The van der Waals surface area contributed by atoms with Crippen molar-refractivity contribution in [2.24, 2.45) is 5.10 Å². The molecule has 0 fully saturated rings. The molecule has 35 heavy (non-hydrogen) atoms. The number of hydrogen-bond donors (Lipinski definition) is 2. The fourth-order valence-electron chi connectivity index (χ4n) is 4.12. The maximum absolute atomic E-state index is 13.5. The predicted octanol–water partition coefficient (Wildman–Crippen LogP) is 5.14. The Morgan fingerprint density at radius 1 is 1.11 bits per heavy atom. The van der Waals surface area contributed by atoms with E-state index in [-0.39, 0.29) is 11.6 Å². The Morgan fingerprint density at radius 3 is 2.63 bits per heavy atom. The van der Waals surface area contributed by atoms with Crippen LogP contribution in [0.4, 0.5) is 10.7 Å². The molecule has 2 aromatic heterocycles. The number of pyridine rings is 1. The van der Waals surface area contributed by atoms with E-state index in [0.717, 1.165) is 11.1 Å². The first-order valence-corrected chi connectivity index (χ1v) is 11.0. The zero-order valence-electron chi connectivity index (χ0n) is 19.2. The van der Waals surface area contributed by atoms with Crippen LogP contribution in [0.1, 0.15) is 29.3 Å². The number of amides is 2. The van der Waals surface area contributed by atoms with E-state index < -0.39 is 12.1 Å². The number of nitrogens with one attached hydrogen (secondary N) is 1. The zero-order valence-corrected chi connectivity index (χ0v) is 19.2. The standard InChI is InChI=1S/C26H23N5O4/c1-16-24(17-9-11-19(34-2)12-10-17)25(35-30-16)28-26(33)31-22(20-7-3-4-8-23(20)32)14-21(29-31)18-6-5-13-27-15-18/h3-13,15,22,32H,14H2,1-2H3,(H,28,33). The number of ether oxygens (including phenoxy) is 1. The quantitative estimate of drug-likeness (QED) is 0.418. The second kappa shape index (κ2) is 9.30. The number of para-hydroxylation sites is 1. The average Bonchev–Trinajstić information content (AvgIpc) is 3.49. The highest BCUT2D eigenvalue weighted by Gasteiger charge is 2.35. The van der Waals surface area contributed by atoms with Crippen molar-refractivity contribution in [1.29, 1.82) is 0 Å². The topological polar surface area (TPSA) is 113 Å². The van der Waals surface area contributed by atoms with Crippen molar-refractivity contribution in [2.45, 2.75) is 19.4 Å². The number of nitrogens with zero attached hydrogens (tertiary/aromatic N) is 4. The highest BCUT2D eigenvalue weighted by atomic mass is 16.5. The van der Waals surface area contributed by atoms with E-state index >= 15 is 0 Å². The molecule has 9 nitrogen and oxygen atoms in total. The molecule has 2 amide bonds. The molecule has 1 aliphatic heterocycles. The highest BCUT2D eigenvalue weighted by molar-refractivity contribution is 6.04. The smallest absolute Gasteiger partial charge is 0.345 e. The van der Waals surface area contributed by atoms with Crippen molar-refractivity contribution in [2.75, 3.05) is 12.4 Å². The Balaban J connectivity index is 1.48. The van der Waals surface area contributed by atoms with Crippen molar-refractivity contribution < 1.29 is 19.2 Å². The average molecular weight is 470 g/mol.